The molecule has 1 N–H and O–H groups in total. The molecule has 21 heavy (non-hydrogen) atoms. The second kappa shape index (κ2) is 7.79. The lowest BCUT2D eigenvalue weighted by atomic mass is 10.1. The molecule has 0 atom stereocenters. The average molecular weight is 286 g/mol. The first-order valence-electron chi connectivity index (χ1n) is 7.52. The van der Waals surface area contributed by atoms with Crippen molar-refractivity contribution in [1.82, 2.24) is 5.32 Å². The van der Waals surface area contributed by atoms with E-state index >= 15 is 0 Å². The summed E-state index contributed by atoms with van der Waals surface area (Å²) in [5.41, 5.74) is 3.68. The molecule has 0 saturated heterocycles. The van der Waals surface area contributed by atoms with Crippen molar-refractivity contribution in [3.05, 3.63) is 65.5 Å². The van der Waals surface area contributed by atoms with E-state index in [2.05, 4.69) is 48.3 Å². The fraction of sp³-hybridized carbons (Fsp3) is 0.333. The van der Waals surface area contributed by atoms with E-state index in [-0.39, 0.29) is 5.82 Å². The standard InChI is InChI=1S/C18H23FN2/c1-3-20-13-15-7-5-6-8-16(15)14-21(4-2)18-11-9-17(19)10-12-18/h5-12,20H,3-4,13-14H2,1-2H3. The van der Waals surface area contributed by atoms with Gasteiger partial charge in [0.15, 0.2) is 0 Å². The van der Waals surface area contributed by atoms with Gasteiger partial charge in [0.25, 0.3) is 0 Å². The van der Waals surface area contributed by atoms with Crippen molar-refractivity contribution in [2.24, 2.45) is 0 Å². The smallest absolute Gasteiger partial charge is 0.123 e. The number of anilines is 1. The van der Waals surface area contributed by atoms with Crippen LogP contribution in [0.5, 0.6) is 0 Å². The van der Waals surface area contributed by atoms with E-state index < -0.39 is 0 Å². The van der Waals surface area contributed by atoms with Crippen LogP contribution in [0.15, 0.2) is 48.5 Å². The average Bonchev–Trinajstić information content (AvgIpc) is 2.52. The van der Waals surface area contributed by atoms with Crippen molar-refractivity contribution in [2.45, 2.75) is 26.9 Å². The molecule has 2 nitrogen and oxygen atoms in total. The Kier molecular flexibility index (Phi) is 5.76. The highest BCUT2D eigenvalue weighted by Gasteiger charge is 2.08. The molecule has 2 aromatic rings. The zero-order valence-electron chi connectivity index (χ0n) is 12.8. The van der Waals surface area contributed by atoms with E-state index in [9.17, 15) is 4.39 Å². The predicted molar refractivity (Wildman–Crippen MR) is 86.9 cm³/mol. The van der Waals surface area contributed by atoms with Gasteiger partial charge in [-0.2, -0.15) is 0 Å². The predicted octanol–water partition coefficient (Wildman–Crippen LogP) is 3.96. The van der Waals surface area contributed by atoms with E-state index in [0.717, 1.165) is 31.9 Å². The highest BCUT2D eigenvalue weighted by Crippen LogP contribution is 2.19. The maximum absolute atomic E-state index is 13.1. The molecule has 0 aromatic heterocycles. The van der Waals surface area contributed by atoms with Gasteiger partial charge in [0, 0.05) is 25.3 Å². The van der Waals surface area contributed by atoms with Crippen molar-refractivity contribution in [1.29, 1.82) is 0 Å². The number of hydrogen-bond acceptors (Lipinski definition) is 2. The first kappa shape index (κ1) is 15.5. The Labute approximate surface area is 126 Å². The lowest BCUT2D eigenvalue weighted by Gasteiger charge is -2.24. The van der Waals surface area contributed by atoms with Crippen molar-refractivity contribution >= 4 is 5.69 Å². The highest BCUT2D eigenvalue weighted by molar-refractivity contribution is 5.47. The maximum atomic E-state index is 13.1. The summed E-state index contributed by atoms with van der Waals surface area (Å²) in [4.78, 5) is 2.25. The number of nitrogens with one attached hydrogen (secondary N) is 1. The van der Waals surface area contributed by atoms with Crippen molar-refractivity contribution in [2.75, 3.05) is 18.0 Å². The van der Waals surface area contributed by atoms with E-state index in [1.165, 1.54) is 23.3 Å². The van der Waals surface area contributed by atoms with Crippen LogP contribution in [0.4, 0.5) is 10.1 Å². The molecule has 2 aromatic carbocycles. The molecule has 0 aliphatic heterocycles. The van der Waals surface area contributed by atoms with E-state index in [1.807, 2.05) is 12.1 Å². The summed E-state index contributed by atoms with van der Waals surface area (Å²) < 4.78 is 13.1. The maximum Gasteiger partial charge on any atom is 0.123 e. The molecular weight excluding hydrogens is 263 g/mol. The largest absolute Gasteiger partial charge is 0.367 e. The minimum atomic E-state index is -0.192. The Hall–Kier alpha value is -1.87. The monoisotopic (exact) mass is 286 g/mol. The van der Waals surface area contributed by atoms with Crippen LogP contribution in [-0.2, 0) is 13.1 Å². The summed E-state index contributed by atoms with van der Waals surface area (Å²) >= 11 is 0. The minimum Gasteiger partial charge on any atom is -0.367 e. The number of halogens is 1. The molecule has 0 heterocycles. The molecule has 0 unspecified atom stereocenters. The van der Waals surface area contributed by atoms with Gasteiger partial charge in [0.2, 0.25) is 0 Å². The van der Waals surface area contributed by atoms with Crippen LogP contribution in [0, 0.1) is 5.82 Å². The fourth-order valence-electron chi connectivity index (χ4n) is 2.39. The Morgan fingerprint density at radius 3 is 2.24 bits per heavy atom. The van der Waals surface area contributed by atoms with Gasteiger partial charge in [-0.05, 0) is 48.9 Å². The van der Waals surface area contributed by atoms with E-state index in [4.69, 9.17) is 0 Å². The summed E-state index contributed by atoms with van der Waals surface area (Å²) in [6, 6.07) is 15.2. The molecular formula is C18H23FN2. The molecule has 0 bridgehead atoms. The minimum absolute atomic E-state index is 0.192. The van der Waals surface area contributed by atoms with E-state index in [0.29, 0.717) is 0 Å². The molecule has 3 heteroatoms. The van der Waals surface area contributed by atoms with Gasteiger partial charge in [-0.25, -0.2) is 4.39 Å². The van der Waals surface area contributed by atoms with Gasteiger partial charge >= 0.3 is 0 Å². The molecule has 2 rings (SSSR count). The van der Waals surface area contributed by atoms with Crippen molar-refractivity contribution < 1.29 is 4.39 Å². The Morgan fingerprint density at radius 1 is 0.952 bits per heavy atom. The number of rotatable bonds is 7. The van der Waals surface area contributed by atoms with Crippen molar-refractivity contribution in [3.8, 4) is 0 Å². The molecule has 0 fully saturated rings. The van der Waals surface area contributed by atoms with Gasteiger partial charge in [0.05, 0.1) is 0 Å². The molecule has 112 valence electrons. The van der Waals surface area contributed by atoms with Crippen LogP contribution in [0.3, 0.4) is 0 Å². The zero-order chi connectivity index (χ0) is 15.1. The molecule has 0 aliphatic carbocycles. The van der Waals surface area contributed by atoms with Crippen LogP contribution in [0.25, 0.3) is 0 Å². The zero-order valence-corrected chi connectivity index (χ0v) is 12.8. The quantitative estimate of drug-likeness (QED) is 0.828. The summed E-state index contributed by atoms with van der Waals surface area (Å²) in [6.07, 6.45) is 0. The third-order valence-electron chi connectivity index (χ3n) is 3.62. The summed E-state index contributed by atoms with van der Waals surface area (Å²) in [6.45, 7) is 7.80. The normalized spacial score (nSPS) is 10.6. The van der Waals surface area contributed by atoms with Crippen LogP contribution in [-0.4, -0.2) is 13.1 Å². The van der Waals surface area contributed by atoms with Crippen LogP contribution >= 0.6 is 0 Å². The third-order valence-corrected chi connectivity index (χ3v) is 3.62. The van der Waals surface area contributed by atoms with Crippen molar-refractivity contribution in [3.63, 3.8) is 0 Å². The lowest BCUT2D eigenvalue weighted by Crippen LogP contribution is -2.23. The molecule has 0 spiro atoms. The Balaban J connectivity index is 2.16. The molecule has 0 amide bonds. The molecule has 0 aliphatic rings. The molecule has 0 radical (unpaired) electrons. The lowest BCUT2D eigenvalue weighted by molar-refractivity contribution is 0.627. The third kappa shape index (κ3) is 4.30. The van der Waals surface area contributed by atoms with Gasteiger partial charge in [-0.15, -0.1) is 0 Å². The van der Waals surface area contributed by atoms with Gasteiger partial charge in [-0.1, -0.05) is 31.2 Å². The van der Waals surface area contributed by atoms with Gasteiger partial charge in [0.1, 0.15) is 5.82 Å². The summed E-state index contributed by atoms with van der Waals surface area (Å²) in [5, 5.41) is 3.38. The first-order valence-corrected chi connectivity index (χ1v) is 7.52. The van der Waals surface area contributed by atoms with Crippen LogP contribution in [0.1, 0.15) is 25.0 Å². The summed E-state index contributed by atoms with van der Waals surface area (Å²) in [7, 11) is 0. The van der Waals surface area contributed by atoms with E-state index in [1.54, 1.807) is 0 Å². The Morgan fingerprint density at radius 2 is 1.62 bits per heavy atom. The van der Waals surface area contributed by atoms with Crippen LogP contribution < -0.4 is 10.2 Å². The van der Waals surface area contributed by atoms with Crippen LogP contribution in [0.2, 0.25) is 0 Å². The molecule has 0 saturated carbocycles. The second-order valence-electron chi connectivity index (χ2n) is 5.04. The number of hydrogen-bond donors (Lipinski definition) is 1. The Bertz CT molecular complexity index is 551. The van der Waals surface area contributed by atoms with Gasteiger partial charge < -0.3 is 10.2 Å². The number of nitrogens with zero attached hydrogens (tertiary/aromatic N) is 1. The fourth-order valence-corrected chi connectivity index (χ4v) is 2.39. The summed E-state index contributed by atoms with van der Waals surface area (Å²) in [5.74, 6) is -0.192. The topological polar surface area (TPSA) is 15.3 Å². The van der Waals surface area contributed by atoms with Gasteiger partial charge in [-0.3, -0.25) is 0 Å². The first-order chi connectivity index (χ1) is 10.2. The second-order valence-corrected chi connectivity index (χ2v) is 5.04. The number of benzene rings is 2. The highest BCUT2D eigenvalue weighted by atomic mass is 19.1. The SMILES string of the molecule is CCNCc1ccccc1CN(CC)c1ccc(F)cc1.